The van der Waals surface area contributed by atoms with Crippen molar-refractivity contribution in [1.29, 1.82) is 0 Å². The van der Waals surface area contributed by atoms with Crippen LogP contribution in [-0.2, 0) is 16.1 Å². The Labute approximate surface area is 164 Å². The molecule has 3 rings (SSSR count). The predicted octanol–water partition coefficient (Wildman–Crippen LogP) is 2.56. The Hall–Kier alpha value is -3.22. The van der Waals surface area contributed by atoms with Gasteiger partial charge in [0.05, 0.1) is 27.0 Å². The van der Waals surface area contributed by atoms with Crippen LogP contribution in [0, 0.1) is 0 Å². The van der Waals surface area contributed by atoms with E-state index in [9.17, 15) is 4.79 Å². The average Bonchev–Trinajstić information content (AvgIpc) is 3.24. The van der Waals surface area contributed by atoms with E-state index >= 15 is 0 Å². The molecule has 2 aromatic carbocycles. The summed E-state index contributed by atoms with van der Waals surface area (Å²) in [4.78, 5) is 17.7. The molecule has 0 spiro atoms. The lowest BCUT2D eigenvalue weighted by Gasteiger charge is -2.11. The maximum atomic E-state index is 12.4. The monoisotopic (exact) mass is 384 g/mol. The molecule has 0 aliphatic carbocycles. The summed E-state index contributed by atoms with van der Waals surface area (Å²) in [5, 5.41) is 6.96. The number of oxime groups is 1. The molecule has 0 fully saturated rings. The minimum atomic E-state index is -0.619. The Bertz CT molecular complexity index is 866. The van der Waals surface area contributed by atoms with E-state index in [1.165, 1.54) is 0 Å². The first-order valence-corrected chi connectivity index (χ1v) is 9.00. The van der Waals surface area contributed by atoms with Crippen LogP contribution in [0.25, 0.3) is 0 Å². The van der Waals surface area contributed by atoms with Gasteiger partial charge in [0.15, 0.2) is 11.5 Å². The van der Waals surface area contributed by atoms with E-state index in [2.05, 4.69) is 10.5 Å². The summed E-state index contributed by atoms with van der Waals surface area (Å²) in [6.07, 6.45) is 0.476. The quantitative estimate of drug-likeness (QED) is 0.757. The van der Waals surface area contributed by atoms with Crippen LogP contribution in [-0.4, -0.2) is 45.6 Å². The van der Waals surface area contributed by atoms with Crippen LogP contribution >= 0.6 is 0 Å². The molecule has 28 heavy (non-hydrogen) atoms. The smallest absolute Gasteiger partial charge is 0.264 e. The summed E-state index contributed by atoms with van der Waals surface area (Å²) in [5.41, 5.74) is 2.66. The molecule has 0 saturated carbocycles. The molecule has 1 aliphatic heterocycles. The minimum absolute atomic E-state index is 0.179. The summed E-state index contributed by atoms with van der Waals surface area (Å²) < 4.78 is 15.8. The van der Waals surface area contributed by atoms with Crippen molar-refractivity contribution in [2.24, 2.45) is 5.16 Å². The lowest BCUT2D eigenvalue weighted by atomic mass is 10.0. The molecule has 1 aliphatic rings. The van der Waals surface area contributed by atoms with Gasteiger partial charge in [0, 0.05) is 18.5 Å². The molecule has 0 aromatic heterocycles. The van der Waals surface area contributed by atoms with Gasteiger partial charge in [-0.25, -0.2) is 0 Å². The van der Waals surface area contributed by atoms with Crippen LogP contribution in [0.3, 0.4) is 0 Å². The fourth-order valence-corrected chi connectivity index (χ4v) is 2.97. The molecule has 1 heterocycles. The third-order valence-corrected chi connectivity index (χ3v) is 4.53. The van der Waals surface area contributed by atoms with E-state index in [4.69, 9.17) is 19.0 Å². The number of nitrogens with zero attached hydrogens (tertiary/aromatic N) is 1. The fourth-order valence-electron chi connectivity index (χ4n) is 2.97. The zero-order valence-electron chi connectivity index (χ0n) is 16.2. The van der Waals surface area contributed by atoms with Crippen molar-refractivity contribution in [3.63, 3.8) is 0 Å². The van der Waals surface area contributed by atoms with Gasteiger partial charge in [-0.05, 0) is 36.2 Å². The predicted molar refractivity (Wildman–Crippen MR) is 105 cm³/mol. The highest BCUT2D eigenvalue weighted by Crippen LogP contribution is 2.27. The van der Waals surface area contributed by atoms with Gasteiger partial charge >= 0.3 is 0 Å². The molecule has 1 atom stereocenters. The number of ether oxygens (including phenoxy) is 3. The van der Waals surface area contributed by atoms with E-state index in [0.29, 0.717) is 30.9 Å². The lowest BCUT2D eigenvalue weighted by Crippen LogP contribution is -2.36. The highest BCUT2D eigenvalue weighted by Gasteiger charge is 2.28. The van der Waals surface area contributed by atoms with E-state index in [-0.39, 0.29) is 5.91 Å². The van der Waals surface area contributed by atoms with Crippen LogP contribution in [0.1, 0.15) is 17.5 Å². The molecule has 0 saturated heterocycles. The van der Waals surface area contributed by atoms with Crippen LogP contribution < -0.4 is 19.5 Å². The number of benzene rings is 2. The second-order valence-electron chi connectivity index (χ2n) is 6.30. The van der Waals surface area contributed by atoms with Crippen molar-refractivity contribution in [2.75, 3.05) is 27.9 Å². The van der Waals surface area contributed by atoms with Gasteiger partial charge in [0.2, 0.25) is 6.10 Å². The summed E-state index contributed by atoms with van der Waals surface area (Å²) in [6, 6.07) is 13.2. The number of amides is 1. The molecule has 7 heteroatoms. The Morgan fingerprint density at radius 1 is 1.11 bits per heavy atom. The Morgan fingerprint density at radius 3 is 2.68 bits per heavy atom. The zero-order valence-corrected chi connectivity index (χ0v) is 16.2. The largest absolute Gasteiger partial charge is 0.497 e. The van der Waals surface area contributed by atoms with Gasteiger partial charge in [-0.3, -0.25) is 4.79 Å². The first kappa shape index (κ1) is 19.5. The van der Waals surface area contributed by atoms with Gasteiger partial charge in [-0.1, -0.05) is 23.4 Å². The molecule has 0 radical (unpaired) electrons. The molecular weight excluding hydrogens is 360 g/mol. The van der Waals surface area contributed by atoms with Crippen LogP contribution in [0.15, 0.2) is 47.6 Å². The first-order chi connectivity index (χ1) is 13.6. The zero-order chi connectivity index (χ0) is 19.9. The number of hydrogen-bond donors (Lipinski definition) is 1. The van der Waals surface area contributed by atoms with Gasteiger partial charge in [-0.2, -0.15) is 0 Å². The Balaban J connectivity index is 1.50. The maximum Gasteiger partial charge on any atom is 0.264 e. The highest BCUT2D eigenvalue weighted by molar-refractivity contribution is 6.04. The Morgan fingerprint density at radius 2 is 1.93 bits per heavy atom. The molecule has 0 unspecified atom stereocenters. The molecule has 2 aromatic rings. The second-order valence-corrected chi connectivity index (χ2v) is 6.30. The standard InChI is InChI=1S/C21H24N2O5/c1-25-16-6-4-5-15(12-16)17-13-20(28-23-17)21(24)22-10-9-14-7-8-18(26-2)19(11-14)27-3/h4-8,11-12,20H,9-10,13H2,1-3H3,(H,22,24)/t20-/m0/s1. The van der Waals surface area contributed by atoms with Gasteiger partial charge < -0.3 is 24.4 Å². The van der Waals surface area contributed by atoms with Crippen LogP contribution in [0.4, 0.5) is 0 Å². The molecule has 1 N–H and O–H groups in total. The number of hydrogen-bond acceptors (Lipinski definition) is 6. The van der Waals surface area contributed by atoms with Crippen molar-refractivity contribution in [1.82, 2.24) is 5.32 Å². The van der Waals surface area contributed by atoms with Crippen molar-refractivity contribution in [3.8, 4) is 17.2 Å². The molecule has 148 valence electrons. The minimum Gasteiger partial charge on any atom is -0.497 e. The van der Waals surface area contributed by atoms with E-state index < -0.39 is 6.10 Å². The molecular formula is C21H24N2O5. The SMILES string of the molecule is COc1cccc(C2=NO[C@H](C(=O)NCCc3ccc(OC)c(OC)c3)C2)c1. The third-order valence-electron chi connectivity index (χ3n) is 4.53. The first-order valence-electron chi connectivity index (χ1n) is 9.00. The van der Waals surface area contributed by atoms with Gasteiger partial charge in [-0.15, -0.1) is 0 Å². The van der Waals surface area contributed by atoms with Crippen molar-refractivity contribution < 1.29 is 23.8 Å². The lowest BCUT2D eigenvalue weighted by molar-refractivity contribution is -0.131. The maximum absolute atomic E-state index is 12.4. The van der Waals surface area contributed by atoms with Crippen molar-refractivity contribution in [2.45, 2.75) is 18.9 Å². The summed E-state index contributed by atoms with van der Waals surface area (Å²) in [7, 11) is 4.81. The number of carbonyl (C=O) groups excluding carboxylic acids is 1. The van der Waals surface area contributed by atoms with Crippen molar-refractivity contribution in [3.05, 3.63) is 53.6 Å². The van der Waals surface area contributed by atoms with E-state index in [1.54, 1.807) is 21.3 Å². The molecule has 0 bridgehead atoms. The topological polar surface area (TPSA) is 78.4 Å². The number of methoxy groups -OCH3 is 3. The van der Waals surface area contributed by atoms with Crippen molar-refractivity contribution >= 4 is 11.6 Å². The van der Waals surface area contributed by atoms with E-state index in [1.807, 2.05) is 42.5 Å². The normalized spacial score (nSPS) is 15.4. The summed E-state index contributed by atoms with van der Waals surface area (Å²) in [6.45, 7) is 0.489. The number of carbonyl (C=O) groups is 1. The van der Waals surface area contributed by atoms with Crippen LogP contribution in [0.2, 0.25) is 0 Å². The fraction of sp³-hybridized carbons (Fsp3) is 0.333. The average molecular weight is 384 g/mol. The second kappa shape index (κ2) is 9.12. The summed E-state index contributed by atoms with van der Waals surface area (Å²) in [5.74, 6) is 1.91. The molecule has 7 nitrogen and oxygen atoms in total. The number of rotatable bonds is 8. The molecule has 1 amide bonds. The highest BCUT2D eigenvalue weighted by atomic mass is 16.6. The number of nitrogens with one attached hydrogen (secondary N) is 1. The van der Waals surface area contributed by atoms with E-state index in [0.717, 1.165) is 22.6 Å². The Kier molecular flexibility index (Phi) is 6.37. The summed E-state index contributed by atoms with van der Waals surface area (Å²) >= 11 is 0. The van der Waals surface area contributed by atoms with Gasteiger partial charge in [0.1, 0.15) is 5.75 Å². The third kappa shape index (κ3) is 4.54. The van der Waals surface area contributed by atoms with Gasteiger partial charge in [0.25, 0.3) is 5.91 Å². The van der Waals surface area contributed by atoms with Crippen LogP contribution in [0.5, 0.6) is 17.2 Å².